The molecule has 0 aliphatic heterocycles. The van der Waals surface area contributed by atoms with Crippen molar-refractivity contribution in [3.05, 3.63) is 6.20 Å². The lowest BCUT2D eigenvalue weighted by molar-refractivity contribution is 0.624. The number of anilines is 1. The van der Waals surface area contributed by atoms with E-state index in [1.165, 1.54) is 24.4 Å². The zero-order valence-corrected chi connectivity index (χ0v) is 8.32. The lowest BCUT2D eigenvalue weighted by Crippen LogP contribution is -2.17. The van der Waals surface area contributed by atoms with E-state index < -0.39 is 0 Å². The summed E-state index contributed by atoms with van der Waals surface area (Å²) in [6, 6.07) is 0.550. The fourth-order valence-electron chi connectivity index (χ4n) is 1.12. The first-order valence-corrected chi connectivity index (χ1v) is 5.10. The van der Waals surface area contributed by atoms with Crippen LogP contribution in [0.5, 0.6) is 0 Å². The molecular formula is C8H14N3S. The quantitative estimate of drug-likeness (QED) is 0.763. The van der Waals surface area contributed by atoms with Crippen molar-refractivity contribution in [2.75, 3.05) is 5.32 Å². The Bertz CT molecular complexity index is 198. The molecule has 0 fully saturated rings. The lowest BCUT2D eigenvalue weighted by Gasteiger charge is -2.14. The van der Waals surface area contributed by atoms with E-state index in [1.54, 1.807) is 0 Å². The normalized spacial score (nSPS) is 12.8. The Balaban J connectivity index is 2.37. The summed E-state index contributed by atoms with van der Waals surface area (Å²) in [5, 5.41) is 7.95. The third kappa shape index (κ3) is 2.77. The van der Waals surface area contributed by atoms with Crippen molar-refractivity contribution in [2.24, 2.45) is 0 Å². The molecule has 0 saturated carbocycles. The van der Waals surface area contributed by atoms with Crippen LogP contribution in [0.4, 0.5) is 5.00 Å². The molecule has 0 amide bonds. The molecular weight excluding hydrogens is 170 g/mol. The smallest absolute Gasteiger partial charge is 0.152 e. The summed E-state index contributed by atoms with van der Waals surface area (Å²) < 4.78 is 3.74. The van der Waals surface area contributed by atoms with Crippen molar-refractivity contribution < 1.29 is 0 Å². The first-order chi connectivity index (χ1) is 5.86. The maximum Gasteiger partial charge on any atom is 0.152 e. The molecule has 4 heteroatoms. The van der Waals surface area contributed by atoms with Crippen molar-refractivity contribution in [3.8, 4) is 0 Å². The van der Waals surface area contributed by atoms with Gasteiger partial charge in [-0.05, 0) is 12.8 Å². The molecule has 1 aromatic heterocycles. The van der Waals surface area contributed by atoms with Gasteiger partial charge in [-0.15, -0.1) is 5.10 Å². The number of hydrogen-bond donors (Lipinski definition) is 1. The van der Waals surface area contributed by atoms with Gasteiger partial charge in [-0.2, -0.15) is 0 Å². The van der Waals surface area contributed by atoms with Gasteiger partial charge in [-0.1, -0.05) is 24.8 Å². The first kappa shape index (κ1) is 9.45. The van der Waals surface area contributed by atoms with Crippen LogP contribution in [0.1, 0.15) is 33.1 Å². The van der Waals surface area contributed by atoms with Crippen LogP contribution in [0, 0.1) is 6.20 Å². The largest absolute Gasteiger partial charge is 0.371 e. The van der Waals surface area contributed by atoms with Gasteiger partial charge in [0.25, 0.3) is 0 Å². The number of nitrogens with zero attached hydrogens (tertiary/aromatic N) is 2. The highest BCUT2D eigenvalue weighted by atomic mass is 32.1. The van der Waals surface area contributed by atoms with Crippen molar-refractivity contribution in [1.82, 2.24) is 9.59 Å². The van der Waals surface area contributed by atoms with E-state index in [2.05, 4.69) is 34.9 Å². The molecule has 12 heavy (non-hydrogen) atoms. The molecule has 1 unspecified atom stereocenters. The van der Waals surface area contributed by atoms with Gasteiger partial charge in [0.1, 0.15) is 5.00 Å². The van der Waals surface area contributed by atoms with Gasteiger partial charge >= 0.3 is 0 Å². The van der Waals surface area contributed by atoms with Crippen LogP contribution in [0.2, 0.25) is 0 Å². The summed E-state index contributed by atoms with van der Waals surface area (Å²) in [6.07, 6.45) is 6.35. The second kappa shape index (κ2) is 5.09. The summed E-state index contributed by atoms with van der Waals surface area (Å²) in [5.74, 6) is 0. The fraction of sp³-hybridized carbons (Fsp3) is 0.750. The predicted molar refractivity (Wildman–Crippen MR) is 51.4 cm³/mol. The molecule has 0 spiro atoms. The lowest BCUT2D eigenvalue weighted by atomic mass is 10.1. The molecule has 1 heterocycles. The fourth-order valence-corrected chi connectivity index (χ4v) is 1.58. The highest BCUT2D eigenvalue weighted by Crippen LogP contribution is 2.13. The van der Waals surface area contributed by atoms with Crippen LogP contribution in [0.25, 0.3) is 0 Å². The number of nitrogens with one attached hydrogen (secondary N) is 1. The van der Waals surface area contributed by atoms with E-state index in [-0.39, 0.29) is 0 Å². The summed E-state index contributed by atoms with van der Waals surface area (Å²) in [4.78, 5) is 0. The SMILES string of the molecule is CCCC(CC)Nc1[c]nns1. The maximum atomic E-state index is 3.74. The van der Waals surface area contributed by atoms with E-state index in [0.29, 0.717) is 6.04 Å². The van der Waals surface area contributed by atoms with E-state index in [9.17, 15) is 0 Å². The third-order valence-corrected chi connectivity index (χ3v) is 2.34. The van der Waals surface area contributed by atoms with Crippen molar-refractivity contribution in [1.29, 1.82) is 0 Å². The highest BCUT2D eigenvalue weighted by Gasteiger charge is 2.05. The van der Waals surface area contributed by atoms with Crippen LogP contribution < -0.4 is 5.32 Å². The topological polar surface area (TPSA) is 37.8 Å². The Labute approximate surface area is 77.4 Å². The third-order valence-electron chi connectivity index (χ3n) is 1.79. The molecule has 0 bridgehead atoms. The van der Waals surface area contributed by atoms with Crippen molar-refractivity contribution >= 4 is 16.5 Å². The maximum absolute atomic E-state index is 3.74. The van der Waals surface area contributed by atoms with Crippen molar-refractivity contribution in [2.45, 2.75) is 39.2 Å². The van der Waals surface area contributed by atoms with Crippen LogP contribution in [0.15, 0.2) is 0 Å². The molecule has 1 radical (unpaired) electrons. The molecule has 0 aliphatic carbocycles. The minimum Gasteiger partial charge on any atom is -0.371 e. The van der Waals surface area contributed by atoms with Crippen LogP contribution >= 0.6 is 11.5 Å². The molecule has 1 rings (SSSR count). The van der Waals surface area contributed by atoms with E-state index >= 15 is 0 Å². The molecule has 3 nitrogen and oxygen atoms in total. The van der Waals surface area contributed by atoms with E-state index in [4.69, 9.17) is 0 Å². The Morgan fingerprint density at radius 2 is 2.42 bits per heavy atom. The Hall–Kier alpha value is -0.640. The van der Waals surface area contributed by atoms with Gasteiger partial charge in [0.2, 0.25) is 0 Å². The van der Waals surface area contributed by atoms with Gasteiger partial charge in [-0.25, -0.2) is 0 Å². The molecule has 1 atom stereocenters. The highest BCUT2D eigenvalue weighted by molar-refractivity contribution is 7.09. The Morgan fingerprint density at radius 3 is 2.92 bits per heavy atom. The second-order valence-electron chi connectivity index (χ2n) is 2.75. The summed E-state index contributed by atoms with van der Waals surface area (Å²) in [5.41, 5.74) is 0. The summed E-state index contributed by atoms with van der Waals surface area (Å²) >= 11 is 1.36. The predicted octanol–water partition coefficient (Wildman–Crippen LogP) is 2.33. The van der Waals surface area contributed by atoms with E-state index in [0.717, 1.165) is 11.4 Å². The molecule has 0 aromatic carbocycles. The van der Waals surface area contributed by atoms with Gasteiger partial charge in [0.15, 0.2) is 6.20 Å². The zero-order valence-electron chi connectivity index (χ0n) is 7.50. The zero-order chi connectivity index (χ0) is 8.81. The monoisotopic (exact) mass is 184 g/mol. The van der Waals surface area contributed by atoms with Crippen molar-refractivity contribution in [3.63, 3.8) is 0 Å². The molecule has 67 valence electrons. The molecule has 0 saturated heterocycles. The number of rotatable bonds is 5. The average Bonchev–Trinajstić information content (AvgIpc) is 2.56. The number of aromatic nitrogens is 2. The van der Waals surface area contributed by atoms with Crippen LogP contribution in [-0.2, 0) is 0 Å². The minimum absolute atomic E-state index is 0.550. The standard InChI is InChI=1S/C8H14N3S/c1-3-5-7(4-2)10-8-6-9-11-12-8/h7,10H,3-5H2,1-2H3. The molecule has 0 aliphatic rings. The first-order valence-electron chi connectivity index (χ1n) is 4.33. The summed E-state index contributed by atoms with van der Waals surface area (Å²) in [7, 11) is 0. The van der Waals surface area contributed by atoms with Gasteiger partial charge in [-0.3, -0.25) is 0 Å². The van der Waals surface area contributed by atoms with Crippen LogP contribution in [0.3, 0.4) is 0 Å². The summed E-state index contributed by atoms with van der Waals surface area (Å²) in [6.45, 7) is 4.38. The molecule has 1 N–H and O–H groups in total. The molecule has 1 aromatic rings. The van der Waals surface area contributed by atoms with Gasteiger partial charge in [0, 0.05) is 17.6 Å². The Kier molecular flexibility index (Phi) is 4.00. The number of hydrogen-bond acceptors (Lipinski definition) is 4. The van der Waals surface area contributed by atoms with Gasteiger partial charge in [0.05, 0.1) is 0 Å². The van der Waals surface area contributed by atoms with E-state index in [1.807, 2.05) is 0 Å². The van der Waals surface area contributed by atoms with Gasteiger partial charge < -0.3 is 5.32 Å². The second-order valence-corrected chi connectivity index (χ2v) is 3.51. The average molecular weight is 184 g/mol. The minimum atomic E-state index is 0.550. The Morgan fingerprint density at radius 1 is 1.58 bits per heavy atom. The van der Waals surface area contributed by atoms with Crippen LogP contribution in [-0.4, -0.2) is 15.6 Å².